The smallest absolute Gasteiger partial charge is 0.264 e. The van der Waals surface area contributed by atoms with Crippen molar-refractivity contribution < 1.29 is 4.79 Å². The lowest BCUT2D eigenvalue weighted by atomic mass is 10.1. The van der Waals surface area contributed by atoms with E-state index in [-0.39, 0.29) is 17.6 Å². The van der Waals surface area contributed by atoms with Crippen LogP contribution in [0.1, 0.15) is 18.9 Å². The first-order chi connectivity index (χ1) is 14.1. The molecule has 0 aliphatic carbocycles. The molecule has 0 unspecified atom stereocenters. The number of thioether (sulfide) groups is 1. The summed E-state index contributed by atoms with van der Waals surface area (Å²) in [6, 6.07) is 16.8. The van der Waals surface area contributed by atoms with Crippen LogP contribution in [0, 0.1) is 0 Å². The highest BCUT2D eigenvalue weighted by molar-refractivity contribution is 7.99. The van der Waals surface area contributed by atoms with E-state index in [4.69, 9.17) is 17.4 Å². The Morgan fingerprint density at radius 3 is 2.72 bits per heavy atom. The van der Waals surface area contributed by atoms with E-state index < -0.39 is 0 Å². The van der Waals surface area contributed by atoms with Crippen molar-refractivity contribution in [1.82, 2.24) is 14.9 Å². The molecule has 1 amide bonds. The van der Waals surface area contributed by atoms with Crippen LogP contribution in [0.25, 0.3) is 0 Å². The zero-order valence-electron chi connectivity index (χ0n) is 15.7. The normalized spacial score (nSPS) is 11.3. The van der Waals surface area contributed by atoms with E-state index in [1.165, 1.54) is 16.4 Å². The second-order valence-electron chi connectivity index (χ2n) is 5.91. The summed E-state index contributed by atoms with van der Waals surface area (Å²) >= 11 is 7.08. The Morgan fingerprint density at radius 1 is 1.21 bits per heavy atom. The largest absolute Gasteiger partial charge is 0.334 e. The molecule has 10 heteroatoms. The van der Waals surface area contributed by atoms with E-state index >= 15 is 0 Å². The molecule has 3 rings (SSSR count). The fourth-order valence-electron chi connectivity index (χ4n) is 2.44. The van der Waals surface area contributed by atoms with Gasteiger partial charge < -0.3 is 11.2 Å². The van der Waals surface area contributed by atoms with Crippen LogP contribution in [-0.4, -0.2) is 32.2 Å². The molecule has 0 spiro atoms. The SMILES string of the molecule is CC/C(=N\Nc1nnc(SCC(=O)Nc2cccc(Cl)c2)n1N)c1ccccc1. The molecular formula is C19H20ClN7OS. The second kappa shape index (κ2) is 9.94. The Kier molecular flexibility index (Phi) is 7.09. The van der Waals surface area contributed by atoms with Crippen LogP contribution in [-0.2, 0) is 4.79 Å². The number of rotatable bonds is 8. The van der Waals surface area contributed by atoms with E-state index in [1.54, 1.807) is 24.3 Å². The summed E-state index contributed by atoms with van der Waals surface area (Å²) in [5.74, 6) is 6.22. The van der Waals surface area contributed by atoms with Gasteiger partial charge in [0.25, 0.3) is 5.95 Å². The summed E-state index contributed by atoms with van der Waals surface area (Å²) in [6.07, 6.45) is 0.737. The second-order valence-corrected chi connectivity index (χ2v) is 7.29. The van der Waals surface area contributed by atoms with E-state index in [9.17, 15) is 4.79 Å². The van der Waals surface area contributed by atoms with Crippen LogP contribution in [0.2, 0.25) is 5.02 Å². The zero-order valence-corrected chi connectivity index (χ0v) is 17.2. The molecule has 0 bridgehead atoms. The van der Waals surface area contributed by atoms with Gasteiger partial charge in [-0.15, -0.1) is 10.2 Å². The maximum atomic E-state index is 12.1. The molecule has 150 valence electrons. The average molecular weight is 430 g/mol. The molecule has 2 aromatic carbocycles. The maximum absolute atomic E-state index is 12.1. The van der Waals surface area contributed by atoms with Gasteiger partial charge in [0.2, 0.25) is 11.1 Å². The molecule has 0 aliphatic rings. The van der Waals surface area contributed by atoms with E-state index in [0.29, 0.717) is 15.9 Å². The predicted octanol–water partition coefficient (Wildman–Crippen LogP) is 3.60. The summed E-state index contributed by atoms with van der Waals surface area (Å²) < 4.78 is 1.26. The van der Waals surface area contributed by atoms with Gasteiger partial charge in [0.15, 0.2) is 0 Å². The van der Waals surface area contributed by atoms with E-state index in [2.05, 4.69) is 26.0 Å². The molecule has 0 atom stereocenters. The molecule has 8 nitrogen and oxygen atoms in total. The first-order valence-corrected chi connectivity index (χ1v) is 10.2. The number of carbonyl (C=O) groups excluding carboxylic acids is 1. The number of amides is 1. The summed E-state index contributed by atoms with van der Waals surface area (Å²) in [6.45, 7) is 2.01. The summed E-state index contributed by atoms with van der Waals surface area (Å²) in [7, 11) is 0. The van der Waals surface area contributed by atoms with Crippen molar-refractivity contribution in [2.24, 2.45) is 5.10 Å². The number of nitrogens with zero attached hydrogens (tertiary/aromatic N) is 4. The molecule has 0 fully saturated rings. The molecule has 1 aromatic heterocycles. The third-order valence-corrected chi connectivity index (χ3v) is 5.02. The molecule has 4 N–H and O–H groups in total. The van der Waals surface area contributed by atoms with Gasteiger partial charge in [-0.3, -0.25) is 4.79 Å². The maximum Gasteiger partial charge on any atom is 0.264 e. The number of benzene rings is 2. The monoisotopic (exact) mass is 429 g/mol. The Hall–Kier alpha value is -3.04. The lowest BCUT2D eigenvalue weighted by molar-refractivity contribution is -0.113. The number of nitrogen functional groups attached to an aromatic ring is 1. The minimum atomic E-state index is -0.204. The zero-order chi connectivity index (χ0) is 20.6. The highest BCUT2D eigenvalue weighted by Crippen LogP contribution is 2.19. The van der Waals surface area contributed by atoms with Crippen LogP contribution in [0.15, 0.2) is 64.9 Å². The van der Waals surface area contributed by atoms with Crippen molar-refractivity contribution in [2.45, 2.75) is 18.5 Å². The van der Waals surface area contributed by atoms with Crippen molar-refractivity contribution in [3.8, 4) is 0 Å². The number of anilines is 2. The minimum absolute atomic E-state index is 0.120. The fourth-order valence-corrected chi connectivity index (χ4v) is 3.29. The quantitative estimate of drug-likeness (QED) is 0.218. The van der Waals surface area contributed by atoms with Gasteiger partial charge in [-0.1, -0.05) is 66.7 Å². The lowest BCUT2D eigenvalue weighted by Crippen LogP contribution is -2.17. The number of halogens is 1. The third kappa shape index (κ3) is 5.72. The Bertz CT molecular complexity index is 1010. The minimum Gasteiger partial charge on any atom is -0.334 e. The predicted molar refractivity (Wildman–Crippen MR) is 118 cm³/mol. The highest BCUT2D eigenvalue weighted by atomic mass is 35.5. The molecule has 0 radical (unpaired) electrons. The lowest BCUT2D eigenvalue weighted by Gasteiger charge is -2.06. The number of nitrogens with one attached hydrogen (secondary N) is 2. The number of aromatic nitrogens is 3. The average Bonchev–Trinajstić information content (AvgIpc) is 3.07. The highest BCUT2D eigenvalue weighted by Gasteiger charge is 2.12. The first-order valence-electron chi connectivity index (χ1n) is 8.83. The van der Waals surface area contributed by atoms with Crippen LogP contribution >= 0.6 is 23.4 Å². The van der Waals surface area contributed by atoms with Crippen LogP contribution in [0.4, 0.5) is 11.6 Å². The Balaban J connectivity index is 1.59. The van der Waals surface area contributed by atoms with Gasteiger partial charge >= 0.3 is 0 Å². The molecule has 0 saturated carbocycles. The van der Waals surface area contributed by atoms with Crippen molar-refractivity contribution in [3.63, 3.8) is 0 Å². The van der Waals surface area contributed by atoms with Crippen LogP contribution in [0.5, 0.6) is 0 Å². The van der Waals surface area contributed by atoms with Crippen molar-refractivity contribution in [1.29, 1.82) is 0 Å². The summed E-state index contributed by atoms with van der Waals surface area (Å²) in [4.78, 5) is 12.1. The van der Waals surface area contributed by atoms with E-state index in [0.717, 1.165) is 17.7 Å². The molecular weight excluding hydrogens is 410 g/mol. The van der Waals surface area contributed by atoms with Gasteiger partial charge in [-0.25, -0.2) is 10.1 Å². The van der Waals surface area contributed by atoms with Gasteiger partial charge in [-0.05, 0) is 30.2 Å². The summed E-state index contributed by atoms with van der Waals surface area (Å²) in [5, 5.41) is 16.1. The molecule has 1 heterocycles. The number of hydrogen-bond donors (Lipinski definition) is 3. The molecule has 3 aromatic rings. The summed E-state index contributed by atoms with van der Waals surface area (Å²) in [5.41, 5.74) is 5.34. The topological polar surface area (TPSA) is 110 Å². The van der Waals surface area contributed by atoms with Gasteiger partial charge in [-0.2, -0.15) is 5.10 Å². The van der Waals surface area contributed by atoms with Crippen LogP contribution < -0.4 is 16.6 Å². The number of carbonyl (C=O) groups is 1. The number of hydrogen-bond acceptors (Lipinski definition) is 7. The molecule has 0 aliphatic heterocycles. The Labute approximate surface area is 177 Å². The van der Waals surface area contributed by atoms with Gasteiger partial charge in [0, 0.05) is 10.7 Å². The first kappa shape index (κ1) is 20.7. The standard InChI is InChI=1S/C19H20ClN7OS/c1-2-16(13-7-4-3-5-8-13)23-24-18-25-26-19(27(18)21)29-12-17(28)22-15-10-6-9-14(20)11-15/h3-11H,2,12,21H2,1H3,(H,22,28)(H,24,25)/b23-16+. The molecule has 29 heavy (non-hydrogen) atoms. The molecule has 0 saturated heterocycles. The fraction of sp³-hybridized carbons (Fsp3) is 0.158. The third-order valence-electron chi connectivity index (χ3n) is 3.84. The van der Waals surface area contributed by atoms with E-state index in [1.807, 2.05) is 37.3 Å². The van der Waals surface area contributed by atoms with Crippen LogP contribution in [0.3, 0.4) is 0 Å². The van der Waals surface area contributed by atoms with Gasteiger partial charge in [0.05, 0.1) is 11.5 Å². The van der Waals surface area contributed by atoms with Crippen molar-refractivity contribution in [2.75, 3.05) is 22.3 Å². The van der Waals surface area contributed by atoms with Gasteiger partial charge in [0.1, 0.15) is 0 Å². The number of hydrazone groups is 1. The van der Waals surface area contributed by atoms with Crippen molar-refractivity contribution in [3.05, 3.63) is 65.2 Å². The number of nitrogens with two attached hydrogens (primary N) is 1. The van der Waals surface area contributed by atoms with Crippen molar-refractivity contribution >= 4 is 46.6 Å². The Morgan fingerprint density at radius 2 is 2.00 bits per heavy atom.